The summed E-state index contributed by atoms with van der Waals surface area (Å²) in [6.07, 6.45) is 0.0807. The van der Waals surface area contributed by atoms with Crippen molar-refractivity contribution < 1.29 is 20.2 Å². The van der Waals surface area contributed by atoms with Gasteiger partial charge in [0.1, 0.15) is 11.6 Å². The van der Waals surface area contributed by atoms with Crippen molar-refractivity contribution in [1.29, 1.82) is 0 Å². The quantitative estimate of drug-likeness (QED) is 0.497. The summed E-state index contributed by atoms with van der Waals surface area (Å²) in [6, 6.07) is 28.2. The molecule has 6 nitrogen and oxygen atoms in total. The average Bonchev–Trinajstić information content (AvgIpc) is 2.77. The number of carboxylic acid groups (broad SMARTS) is 1. The van der Waals surface area contributed by atoms with Gasteiger partial charge in [-0.1, -0.05) is 91.0 Å². The number of hydrogen-bond acceptors (Lipinski definition) is 3. The highest BCUT2D eigenvalue weighted by Crippen LogP contribution is 2.36. The zero-order valence-corrected chi connectivity index (χ0v) is 16.5. The Balaban J connectivity index is 0.00000320. The number of carboxylic acids is 1. The maximum atomic E-state index is 12.9. The predicted octanol–water partition coefficient (Wildman–Crippen LogP) is 2.46. The first-order chi connectivity index (χ1) is 14.0. The molecule has 0 aliphatic rings. The van der Waals surface area contributed by atoms with E-state index < -0.39 is 17.6 Å². The van der Waals surface area contributed by atoms with Gasteiger partial charge < -0.3 is 21.6 Å². The van der Waals surface area contributed by atoms with Gasteiger partial charge in [-0.3, -0.25) is 9.59 Å². The Kier molecular flexibility index (Phi) is 7.86. The SMILES string of the molecule is N[C@@H](CCC(=O)NC(c1ccccc1)(c1ccccc1)c1ccccc1)C(=O)O.O. The van der Waals surface area contributed by atoms with E-state index in [1.807, 2.05) is 91.0 Å². The van der Waals surface area contributed by atoms with Gasteiger partial charge in [0, 0.05) is 6.42 Å². The van der Waals surface area contributed by atoms with Crippen molar-refractivity contribution in [1.82, 2.24) is 5.32 Å². The minimum absolute atomic E-state index is 0. The van der Waals surface area contributed by atoms with Crippen LogP contribution in [0.25, 0.3) is 0 Å². The van der Waals surface area contributed by atoms with Crippen LogP contribution >= 0.6 is 0 Å². The molecule has 6 heteroatoms. The molecule has 3 aromatic rings. The van der Waals surface area contributed by atoms with Crippen LogP contribution < -0.4 is 11.1 Å². The number of rotatable bonds is 8. The van der Waals surface area contributed by atoms with Crippen LogP contribution in [0.4, 0.5) is 0 Å². The van der Waals surface area contributed by atoms with Crippen molar-refractivity contribution in [2.75, 3.05) is 0 Å². The molecule has 6 N–H and O–H groups in total. The summed E-state index contributed by atoms with van der Waals surface area (Å²) < 4.78 is 0. The second-order valence-corrected chi connectivity index (χ2v) is 6.88. The van der Waals surface area contributed by atoms with E-state index in [2.05, 4.69) is 5.32 Å². The molecule has 0 spiro atoms. The lowest BCUT2D eigenvalue weighted by atomic mass is 9.77. The average molecular weight is 406 g/mol. The van der Waals surface area contributed by atoms with E-state index in [4.69, 9.17) is 10.8 Å². The summed E-state index contributed by atoms with van der Waals surface area (Å²) in [5.41, 5.74) is 7.41. The standard InChI is InChI=1S/C24H24N2O3.H2O/c25-21(23(28)29)16-17-22(27)26-24(18-10-4-1-5-11-18,19-12-6-2-7-13-19)20-14-8-3-9-15-20;/h1-15,21H,16-17,25H2,(H,26,27)(H,28,29);1H2/t21-;/m0./s1. The smallest absolute Gasteiger partial charge is 0.320 e. The lowest BCUT2D eigenvalue weighted by molar-refractivity contribution is -0.138. The van der Waals surface area contributed by atoms with E-state index >= 15 is 0 Å². The van der Waals surface area contributed by atoms with E-state index in [1.165, 1.54) is 0 Å². The first-order valence-corrected chi connectivity index (χ1v) is 9.50. The zero-order valence-electron chi connectivity index (χ0n) is 16.5. The number of nitrogens with one attached hydrogen (secondary N) is 1. The lowest BCUT2D eigenvalue weighted by Crippen LogP contribution is -2.48. The van der Waals surface area contributed by atoms with Gasteiger partial charge in [0.25, 0.3) is 0 Å². The Hall–Kier alpha value is -3.48. The third-order valence-corrected chi connectivity index (χ3v) is 4.95. The Labute approximate surface area is 175 Å². The van der Waals surface area contributed by atoms with Crippen LogP contribution in [-0.2, 0) is 15.1 Å². The highest BCUT2D eigenvalue weighted by atomic mass is 16.4. The fraction of sp³-hybridized carbons (Fsp3) is 0.167. The molecular weight excluding hydrogens is 380 g/mol. The minimum atomic E-state index is -1.11. The minimum Gasteiger partial charge on any atom is -0.480 e. The number of nitrogens with two attached hydrogens (primary N) is 1. The Morgan fingerprint density at radius 3 is 1.50 bits per heavy atom. The van der Waals surface area contributed by atoms with Crippen molar-refractivity contribution in [3.05, 3.63) is 108 Å². The summed E-state index contributed by atoms with van der Waals surface area (Å²) in [7, 11) is 0. The van der Waals surface area contributed by atoms with Crippen LogP contribution in [0.3, 0.4) is 0 Å². The number of carbonyl (C=O) groups is 2. The second-order valence-electron chi connectivity index (χ2n) is 6.88. The molecule has 0 aromatic heterocycles. The molecule has 0 fully saturated rings. The molecule has 0 aliphatic heterocycles. The largest absolute Gasteiger partial charge is 0.480 e. The topological polar surface area (TPSA) is 124 Å². The first-order valence-electron chi connectivity index (χ1n) is 9.50. The maximum absolute atomic E-state index is 12.9. The molecule has 3 rings (SSSR count). The number of aliphatic carboxylic acids is 1. The third kappa shape index (κ3) is 4.92. The van der Waals surface area contributed by atoms with Crippen LogP contribution in [0.2, 0.25) is 0 Å². The maximum Gasteiger partial charge on any atom is 0.320 e. The van der Waals surface area contributed by atoms with Crippen molar-refractivity contribution in [3.8, 4) is 0 Å². The number of amides is 1. The van der Waals surface area contributed by atoms with Gasteiger partial charge in [-0.2, -0.15) is 0 Å². The molecule has 0 heterocycles. The van der Waals surface area contributed by atoms with Gasteiger partial charge in [-0.25, -0.2) is 0 Å². The van der Waals surface area contributed by atoms with E-state index in [9.17, 15) is 9.59 Å². The van der Waals surface area contributed by atoms with Crippen LogP contribution in [-0.4, -0.2) is 28.5 Å². The molecule has 156 valence electrons. The molecule has 0 unspecified atom stereocenters. The molecule has 1 amide bonds. The Morgan fingerprint density at radius 2 is 1.17 bits per heavy atom. The van der Waals surface area contributed by atoms with Gasteiger partial charge in [0.2, 0.25) is 5.91 Å². The summed E-state index contributed by atoms with van der Waals surface area (Å²) in [5, 5.41) is 12.2. The monoisotopic (exact) mass is 406 g/mol. The fourth-order valence-electron chi connectivity index (χ4n) is 3.46. The summed E-state index contributed by atoms with van der Waals surface area (Å²) >= 11 is 0. The van der Waals surface area contributed by atoms with Crippen molar-refractivity contribution in [2.45, 2.75) is 24.4 Å². The molecule has 0 bridgehead atoms. The van der Waals surface area contributed by atoms with Crippen molar-refractivity contribution in [2.24, 2.45) is 5.73 Å². The highest BCUT2D eigenvalue weighted by molar-refractivity contribution is 5.80. The second kappa shape index (κ2) is 10.3. The highest BCUT2D eigenvalue weighted by Gasteiger charge is 2.37. The molecule has 30 heavy (non-hydrogen) atoms. The predicted molar refractivity (Wildman–Crippen MR) is 116 cm³/mol. The molecular formula is C24H26N2O4. The van der Waals surface area contributed by atoms with Gasteiger partial charge in [-0.15, -0.1) is 0 Å². The van der Waals surface area contributed by atoms with Crippen LogP contribution in [0, 0.1) is 0 Å². The number of carbonyl (C=O) groups excluding carboxylic acids is 1. The Bertz CT molecular complexity index is 850. The van der Waals surface area contributed by atoms with E-state index in [1.54, 1.807) is 0 Å². The Morgan fingerprint density at radius 1 is 0.800 bits per heavy atom. The molecule has 0 saturated carbocycles. The molecule has 1 atom stereocenters. The van der Waals surface area contributed by atoms with E-state index in [0.717, 1.165) is 16.7 Å². The molecule has 0 aliphatic carbocycles. The summed E-state index contributed by atoms with van der Waals surface area (Å²) in [5.74, 6) is -1.38. The van der Waals surface area contributed by atoms with Gasteiger partial charge in [-0.05, 0) is 23.1 Å². The van der Waals surface area contributed by atoms with Crippen molar-refractivity contribution in [3.63, 3.8) is 0 Å². The van der Waals surface area contributed by atoms with Crippen LogP contribution in [0.1, 0.15) is 29.5 Å². The summed E-state index contributed by atoms with van der Waals surface area (Å²) in [6.45, 7) is 0. The van der Waals surface area contributed by atoms with Crippen LogP contribution in [0.5, 0.6) is 0 Å². The normalized spacial score (nSPS) is 11.8. The first kappa shape index (κ1) is 22.8. The van der Waals surface area contributed by atoms with Crippen molar-refractivity contribution >= 4 is 11.9 Å². The van der Waals surface area contributed by atoms with E-state index in [-0.39, 0.29) is 24.2 Å². The third-order valence-electron chi connectivity index (χ3n) is 4.95. The number of benzene rings is 3. The molecule has 0 radical (unpaired) electrons. The van der Waals surface area contributed by atoms with Crippen LogP contribution in [0.15, 0.2) is 91.0 Å². The van der Waals surface area contributed by atoms with Gasteiger partial charge in [0.05, 0.1) is 0 Å². The van der Waals surface area contributed by atoms with Gasteiger partial charge in [0.15, 0.2) is 0 Å². The zero-order chi connectivity index (χ0) is 20.7. The van der Waals surface area contributed by atoms with Gasteiger partial charge >= 0.3 is 5.97 Å². The molecule has 3 aromatic carbocycles. The molecule has 0 saturated heterocycles. The summed E-state index contributed by atoms with van der Waals surface area (Å²) in [4.78, 5) is 24.0. The number of hydrogen-bond donors (Lipinski definition) is 3. The fourth-order valence-corrected chi connectivity index (χ4v) is 3.46. The van der Waals surface area contributed by atoms with E-state index in [0.29, 0.717) is 0 Å². The lowest BCUT2D eigenvalue weighted by Gasteiger charge is -2.37.